The van der Waals surface area contributed by atoms with E-state index in [1.54, 1.807) is 0 Å². The molecule has 0 aromatic carbocycles. The van der Waals surface area contributed by atoms with Gasteiger partial charge in [0.1, 0.15) is 18.6 Å². The molecule has 5 fully saturated rings. The van der Waals surface area contributed by atoms with Gasteiger partial charge in [0.15, 0.2) is 18.2 Å². The van der Waals surface area contributed by atoms with E-state index in [4.69, 9.17) is 38.2 Å². The summed E-state index contributed by atoms with van der Waals surface area (Å²) in [5.41, 5.74) is -0.914. The lowest BCUT2D eigenvalue weighted by atomic mass is 9.58. The fourth-order valence-corrected chi connectivity index (χ4v) is 6.13. The average Bonchev–Trinajstić information content (AvgIpc) is 3.03. The first kappa shape index (κ1) is 23.3. The molecule has 1 aliphatic carbocycles. The third-order valence-electron chi connectivity index (χ3n) is 7.93. The normalized spacial score (nSPS) is 41.9. The number of hydrogen-bond acceptors (Lipinski definition) is 9. The molecule has 4 aliphatic heterocycles. The summed E-state index contributed by atoms with van der Waals surface area (Å²) in [6.45, 7) is 6.74. The summed E-state index contributed by atoms with van der Waals surface area (Å²) in [4.78, 5) is 23.9. The van der Waals surface area contributed by atoms with Gasteiger partial charge in [-0.25, -0.2) is 9.78 Å². The predicted octanol–water partition coefficient (Wildman–Crippen LogP) is 3.13. The van der Waals surface area contributed by atoms with E-state index < -0.39 is 24.0 Å². The van der Waals surface area contributed by atoms with E-state index in [9.17, 15) is 4.79 Å². The lowest BCUT2D eigenvalue weighted by molar-refractivity contribution is -0.577. The quantitative estimate of drug-likeness (QED) is 0.479. The van der Waals surface area contributed by atoms with Gasteiger partial charge in [0, 0.05) is 30.7 Å². The van der Waals surface area contributed by atoms with Crippen LogP contribution in [0.1, 0.15) is 58.6 Å². The van der Waals surface area contributed by atoms with Crippen molar-refractivity contribution in [2.75, 3.05) is 13.2 Å². The van der Waals surface area contributed by atoms with E-state index >= 15 is 0 Å². The fraction of sp³-hybridized carbons (Fsp3) is 0.792. The molecular weight excluding hydrogens is 432 g/mol. The first-order valence-electron chi connectivity index (χ1n) is 12.0. The second kappa shape index (κ2) is 8.94. The van der Waals surface area contributed by atoms with E-state index in [0.29, 0.717) is 31.5 Å². The summed E-state index contributed by atoms with van der Waals surface area (Å²) < 4.78 is 29.5. The van der Waals surface area contributed by atoms with Gasteiger partial charge in [0.25, 0.3) is 0 Å². The minimum absolute atomic E-state index is 0.116. The smallest absolute Gasteiger partial charge is 0.227 e. The van der Waals surface area contributed by atoms with Crippen LogP contribution in [0, 0.1) is 23.7 Å². The summed E-state index contributed by atoms with van der Waals surface area (Å²) in [5.74, 6) is 0.697. The van der Waals surface area contributed by atoms with Crippen molar-refractivity contribution in [1.29, 1.82) is 0 Å². The molecule has 9 nitrogen and oxygen atoms in total. The van der Waals surface area contributed by atoms with Gasteiger partial charge in [-0.3, -0.25) is 4.79 Å². The molecule has 9 heteroatoms. The molecule has 0 amide bonds. The Morgan fingerprint density at radius 1 is 1.15 bits per heavy atom. The Balaban J connectivity index is 1.20. The van der Waals surface area contributed by atoms with Crippen LogP contribution in [0.4, 0.5) is 0 Å². The number of fused-ring (bicyclic) bond motifs is 2. The lowest BCUT2D eigenvalue weighted by Gasteiger charge is -2.60. The zero-order valence-electron chi connectivity index (χ0n) is 19.5. The SMILES string of the molecule is C[C@H]1[C@@H](OCCCOc2coc(CO)cc2=O)O[C@@H]2O[C@]3(C)CC[C@H]4[C@H](C)CC[C@@H]1[C@@]24OO3. The van der Waals surface area contributed by atoms with E-state index in [-0.39, 0.29) is 35.4 Å². The number of ether oxygens (including phenoxy) is 4. The van der Waals surface area contributed by atoms with Crippen LogP contribution in [0.15, 0.2) is 21.5 Å². The lowest BCUT2D eigenvalue weighted by Crippen LogP contribution is -2.70. The highest BCUT2D eigenvalue weighted by molar-refractivity contribution is 5.17. The van der Waals surface area contributed by atoms with Gasteiger partial charge in [-0.2, -0.15) is 0 Å². The van der Waals surface area contributed by atoms with Crippen molar-refractivity contribution in [1.82, 2.24) is 0 Å². The monoisotopic (exact) mass is 466 g/mol. The molecule has 1 N–H and O–H groups in total. The Hall–Kier alpha value is -1.49. The van der Waals surface area contributed by atoms with Gasteiger partial charge in [0.05, 0.1) is 13.2 Å². The van der Waals surface area contributed by atoms with E-state index in [1.807, 2.05) is 6.92 Å². The van der Waals surface area contributed by atoms with Crippen molar-refractivity contribution in [3.8, 4) is 5.75 Å². The molecule has 4 saturated heterocycles. The molecule has 184 valence electrons. The van der Waals surface area contributed by atoms with Gasteiger partial charge >= 0.3 is 0 Å². The molecule has 1 saturated carbocycles. The molecule has 1 spiro atoms. The van der Waals surface area contributed by atoms with Crippen molar-refractivity contribution in [2.24, 2.45) is 23.7 Å². The van der Waals surface area contributed by atoms with Gasteiger partial charge in [0.2, 0.25) is 17.0 Å². The van der Waals surface area contributed by atoms with Crippen LogP contribution in [-0.2, 0) is 30.6 Å². The molecular formula is C24H34O9. The molecule has 0 radical (unpaired) electrons. The molecule has 0 unspecified atom stereocenters. The fourth-order valence-electron chi connectivity index (χ4n) is 6.13. The minimum atomic E-state index is -0.802. The highest BCUT2D eigenvalue weighted by Gasteiger charge is 2.69. The largest absolute Gasteiger partial charge is 0.487 e. The van der Waals surface area contributed by atoms with E-state index in [1.165, 1.54) is 12.3 Å². The highest BCUT2D eigenvalue weighted by atomic mass is 17.3. The van der Waals surface area contributed by atoms with Crippen LogP contribution in [0.3, 0.4) is 0 Å². The maximum absolute atomic E-state index is 11.9. The summed E-state index contributed by atoms with van der Waals surface area (Å²) in [6.07, 6.45) is 4.80. The number of hydrogen-bond donors (Lipinski definition) is 1. The topological polar surface area (TPSA) is 106 Å². The Labute approximate surface area is 193 Å². The third-order valence-corrected chi connectivity index (χ3v) is 7.93. The molecule has 33 heavy (non-hydrogen) atoms. The predicted molar refractivity (Wildman–Crippen MR) is 114 cm³/mol. The van der Waals surface area contributed by atoms with Crippen molar-refractivity contribution in [2.45, 2.75) is 83.5 Å². The molecule has 5 heterocycles. The first-order chi connectivity index (χ1) is 15.9. The number of rotatable bonds is 7. The van der Waals surface area contributed by atoms with Crippen molar-refractivity contribution < 1.29 is 38.2 Å². The molecule has 8 atom stereocenters. The second-order valence-electron chi connectivity index (χ2n) is 10.1. The Morgan fingerprint density at radius 2 is 2.00 bits per heavy atom. The van der Waals surface area contributed by atoms with Crippen LogP contribution >= 0.6 is 0 Å². The van der Waals surface area contributed by atoms with E-state index in [0.717, 1.165) is 25.7 Å². The number of aliphatic hydroxyl groups is 1. The highest BCUT2D eigenvalue weighted by Crippen LogP contribution is 2.60. The average molecular weight is 467 g/mol. The standard InChI is InChI=1S/C24H34O9/c1-14-5-6-18-15(2)21(28-10-4-9-27-20-13-29-16(12-25)11-19(20)26)30-22-24(18)17(14)7-8-23(3,31-22)32-33-24/h11,13-15,17-18,21-22,25H,4-10,12H2,1-3H3/t14-,15-,17+,18+,21+,22-,23+,24-/m1/s1. The third kappa shape index (κ3) is 4.02. The molecule has 1 aromatic rings. The zero-order chi connectivity index (χ0) is 23.2. The zero-order valence-corrected chi connectivity index (χ0v) is 19.5. The molecule has 6 rings (SSSR count). The molecule has 5 aliphatic rings. The summed E-state index contributed by atoms with van der Waals surface area (Å²) >= 11 is 0. The van der Waals surface area contributed by atoms with Crippen molar-refractivity contribution >= 4 is 0 Å². The summed E-state index contributed by atoms with van der Waals surface area (Å²) in [7, 11) is 0. The van der Waals surface area contributed by atoms with Crippen LogP contribution < -0.4 is 10.2 Å². The first-order valence-corrected chi connectivity index (χ1v) is 12.0. The van der Waals surface area contributed by atoms with E-state index in [2.05, 4.69) is 13.8 Å². The number of aliphatic hydroxyl groups excluding tert-OH is 1. The van der Waals surface area contributed by atoms with Gasteiger partial charge in [-0.1, -0.05) is 13.8 Å². The van der Waals surface area contributed by atoms with Crippen LogP contribution in [-0.4, -0.2) is 42.3 Å². The molecule has 2 bridgehead atoms. The Morgan fingerprint density at radius 3 is 2.79 bits per heavy atom. The Bertz CT molecular complexity index is 902. The summed E-state index contributed by atoms with van der Waals surface area (Å²) in [5, 5.41) is 9.02. The van der Waals surface area contributed by atoms with Gasteiger partial charge < -0.3 is 28.5 Å². The Kier molecular flexibility index (Phi) is 6.30. The minimum Gasteiger partial charge on any atom is -0.487 e. The maximum atomic E-state index is 11.9. The maximum Gasteiger partial charge on any atom is 0.227 e. The van der Waals surface area contributed by atoms with Crippen LogP contribution in [0.25, 0.3) is 0 Å². The van der Waals surface area contributed by atoms with Crippen LogP contribution in [0.5, 0.6) is 5.75 Å². The van der Waals surface area contributed by atoms with Crippen molar-refractivity contribution in [3.63, 3.8) is 0 Å². The second-order valence-corrected chi connectivity index (χ2v) is 10.1. The van der Waals surface area contributed by atoms with Crippen molar-refractivity contribution in [3.05, 3.63) is 28.3 Å². The summed E-state index contributed by atoms with van der Waals surface area (Å²) in [6, 6.07) is 1.23. The van der Waals surface area contributed by atoms with Gasteiger partial charge in [-0.15, -0.1) is 0 Å². The van der Waals surface area contributed by atoms with Gasteiger partial charge in [-0.05, 0) is 38.0 Å². The van der Waals surface area contributed by atoms with Crippen LogP contribution in [0.2, 0.25) is 0 Å². The molecule has 1 aromatic heterocycles.